The number of ketones is 3. The molecule has 0 aromatic heterocycles. The van der Waals surface area contributed by atoms with Crippen LogP contribution in [0.15, 0.2) is 52.5 Å². The number of benzene rings is 1. The molecule has 6 rings (SSSR count). The maximum atomic E-state index is 14.6. The lowest BCUT2D eigenvalue weighted by molar-refractivity contribution is -0.140. The summed E-state index contributed by atoms with van der Waals surface area (Å²) in [4.78, 5) is 71.3. The first-order chi connectivity index (χ1) is 27.7. The van der Waals surface area contributed by atoms with Crippen molar-refractivity contribution in [3.8, 4) is 11.5 Å². The Labute approximate surface area is 343 Å². The van der Waals surface area contributed by atoms with Gasteiger partial charge in [-0.3, -0.25) is 29.0 Å². The first-order valence-corrected chi connectivity index (χ1v) is 19.9. The topological polar surface area (TPSA) is 236 Å². The predicted molar refractivity (Wildman–Crippen MR) is 216 cm³/mol. The van der Waals surface area contributed by atoms with E-state index in [0.717, 1.165) is 6.26 Å². The lowest BCUT2D eigenvalue weighted by Gasteiger charge is -2.38. The third-order valence-electron chi connectivity index (χ3n) is 12.4. The molecule has 1 saturated heterocycles. The van der Waals surface area contributed by atoms with Gasteiger partial charge in [0.2, 0.25) is 5.78 Å². The molecule has 320 valence electrons. The van der Waals surface area contributed by atoms with Gasteiger partial charge >= 0.3 is 11.8 Å². The quantitative estimate of drug-likeness (QED) is 0.235. The maximum absolute atomic E-state index is 14.6. The minimum absolute atomic E-state index is 0.0343. The summed E-state index contributed by atoms with van der Waals surface area (Å²) < 4.78 is 11.9. The number of aliphatic carboxylic acids is 1. The third kappa shape index (κ3) is 8.91. The molecule has 9 unspecified atom stereocenters. The summed E-state index contributed by atoms with van der Waals surface area (Å²) in [6.45, 7) is 12.9. The Morgan fingerprint density at radius 2 is 1.61 bits per heavy atom. The number of hydrogen-bond donors (Lipinski definition) is 6. The Hall–Kier alpha value is -5.16. The molecular formula is C43H56N4O12. The Bertz CT molecular complexity index is 2030. The summed E-state index contributed by atoms with van der Waals surface area (Å²) in [6, 6.07) is 0. The molecule has 1 aliphatic carbocycles. The molecule has 1 amide bonds. The number of carbonyl (C=O) groups excluding carboxylic acids is 4. The van der Waals surface area contributed by atoms with E-state index in [1.54, 1.807) is 38.8 Å². The molecule has 6 N–H and O–H groups in total. The minimum Gasteiger partial charge on any atom is -0.507 e. The largest absolute Gasteiger partial charge is 0.507 e. The molecule has 9 atom stereocenters. The molecule has 1 aromatic rings. The molecule has 4 aliphatic heterocycles. The van der Waals surface area contributed by atoms with Crippen molar-refractivity contribution < 1.29 is 59.0 Å². The summed E-state index contributed by atoms with van der Waals surface area (Å²) in [5.41, 5.74) is -1.95. The molecule has 0 spiro atoms. The number of likely N-dealkylation sites (N-methyl/N-ethyl adjacent to an activating group) is 1. The van der Waals surface area contributed by atoms with Crippen molar-refractivity contribution in [3.63, 3.8) is 0 Å². The standard InChI is InChI=1S/C43H56N4O12/c1-21-10-9-11-22(2)42(57)45-34-29(19-44-47-15-13-46(8)14-16-47)38(54)31-32(39(34)55)37(53)26(6)40-33(31)41(56)43(7,59-40)58-17-12-27(20-48)23(3)28(18-30(49)50)24(4)36(52)25(5)35(21)51/h9-12,17,19,21,23-25,27-28,35-36,48,51-53H,13-16,18,20H2,1-8H3,(H,45,57)(H,49,50)/b10-9+,17-12+,22-11-,44-19+. The molecule has 16 nitrogen and oxygen atoms in total. The van der Waals surface area contributed by atoms with Crippen LogP contribution < -0.4 is 10.1 Å². The highest BCUT2D eigenvalue weighted by atomic mass is 16.7. The number of phenols is 1. The molecule has 1 fully saturated rings. The number of aliphatic hydroxyl groups is 3. The van der Waals surface area contributed by atoms with E-state index in [1.165, 1.54) is 45.2 Å². The molecule has 59 heavy (non-hydrogen) atoms. The minimum atomic E-state index is -2.13. The zero-order valence-electron chi connectivity index (χ0n) is 34.8. The summed E-state index contributed by atoms with van der Waals surface area (Å²) >= 11 is 0. The second kappa shape index (κ2) is 18.0. The normalized spacial score (nSPS) is 33.3. The SMILES string of the molecule is C/C1=C/C=C/C(C)C(O)C(C)C(O)C(C)C(CC(=O)O)C(C)C(CO)/C=C/OC2(C)Oc3c(C)c(O)c4c(c3C2=O)C(=O)C(/C=N/N2CCN(C)CC2)=C(NC1=O)C4=O. The fraction of sp³-hybridized carbons (Fsp3) is 0.535. The van der Waals surface area contributed by atoms with E-state index in [0.29, 0.717) is 26.2 Å². The zero-order valence-corrected chi connectivity index (χ0v) is 34.8. The van der Waals surface area contributed by atoms with Gasteiger partial charge in [0, 0.05) is 75.0 Å². The first-order valence-electron chi connectivity index (χ1n) is 19.9. The lowest BCUT2D eigenvalue weighted by Crippen LogP contribution is -2.42. The van der Waals surface area contributed by atoms with Gasteiger partial charge < -0.3 is 45.2 Å². The van der Waals surface area contributed by atoms with Crippen molar-refractivity contribution in [1.82, 2.24) is 15.2 Å². The monoisotopic (exact) mass is 820 g/mol. The number of phenolic OH excluding ortho intramolecular Hbond substituents is 1. The van der Waals surface area contributed by atoms with E-state index in [1.807, 2.05) is 7.05 Å². The molecule has 0 radical (unpaired) electrons. The van der Waals surface area contributed by atoms with Crippen molar-refractivity contribution in [2.45, 2.75) is 72.9 Å². The number of ether oxygens (including phenoxy) is 2. The number of hydrogen-bond acceptors (Lipinski definition) is 14. The van der Waals surface area contributed by atoms with Gasteiger partial charge in [-0.05, 0) is 44.7 Å². The van der Waals surface area contributed by atoms with E-state index in [2.05, 4.69) is 15.3 Å². The van der Waals surface area contributed by atoms with Gasteiger partial charge in [0.25, 0.3) is 11.7 Å². The molecular weight excluding hydrogens is 764 g/mol. The van der Waals surface area contributed by atoms with E-state index in [9.17, 15) is 49.5 Å². The van der Waals surface area contributed by atoms with Crippen LogP contribution in [-0.2, 0) is 14.3 Å². The smallest absolute Gasteiger partial charge is 0.312 e. The van der Waals surface area contributed by atoms with Gasteiger partial charge in [0.05, 0.1) is 46.9 Å². The lowest BCUT2D eigenvalue weighted by atomic mass is 9.70. The third-order valence-corrected chi connectivity index (χ3v) is 12.4. The molecule has 5 bridgehead atoms. The van der Waals surface area contributed by atoms with Crippen molar-refractivity contribution in [3.05, 3.63) is 69.7 Å². The maximum Gasteiger partial charge on any atom is 0.312 e. The van der Waals surface area contributed by atoms with Crippen LogP contribution in [0.25, 0.3) is 0 Å². The number of nitrogens with one attached hydrogen (secondary N) is 1. The number of piperazine rings is 1. The Morgan fingerprint density at radius 1 is 0.949 bits per heavy atom. The number of hydrazone groups is 1. The number of nitrogens with zero attached hydrogens (tertiary/aromatic N) is 3. The first kappa shape index (κ1) is 44.9. The van der Waals surface area contributed by atoms with Crippen LogP contribution in [0.2, 0.25) is 0 Å². The van der Waals surface area contributed by atoms with Crippen LogP contribution >= 0.6 is 0 Å². The number of carboxylic acid groups (broad SMARTS) is 1. The van der Waals surface area contributed by atoms with Gasteiger partial charge in [-0.25, -0.2) is 0 Å². The number of Topliss-reactive ketones (excluding diaryl/α,β-unsaturated/α-hetero) is 3. The number of aliphatic hydroxyl groups excluding tert-OH is 3. The van der Waals surface area contributed by atoms with E-state index < -0.39 is 112 Å². The van der Waals surface area contributed by atoms with Crippen molar-refractivity contribution in [2.24, 2.45) is 40.6 Å². The molecule has 1 aromatic carbocycles. The van der Waals surface area contributed by atoms with Gasteiger partial charge in [0.15, 0.2) is 5.78 Å². The van der Waals surface area contributed by atoms with E-state index >= 15 is 0 Å². The molecule has 0 saturated carbocycles. The Kier molecular flexibility index (Phi) is 13.7. The van der Waals surface area contributed by atoms with Crippen LogP contribution in [0.5, 0.6) is 11.5 Å². The average Bonchev–Trinajstić information content (AvgIpc) is 3.46. The summed E-state index contributed by atoms with van der Waals surface area (Å²) in [6.07, 6.45) is 5.74. The number of rotatable bonds is 5. The fourth-order valence-electron chi connectivity index (χ4n) is 8.20. The molecule has 5 aliphatic rings. The second-order valence-corrected chi connectivity index (χ2v) is 16.4. The van der Waals surface area contributed by atoms with Gasteiger partial charge in [-0.1, -0.05) is 45.9 Å². The highest BCUT2D eigenvalue weighted by Crippen LogP contribution is 2.48. The number of carboxylic acids is 1. The molecule has 16 heteroatoms. The number of aromatic hydroxyl groups is 1. The van der Waals surface area contributed by atoms with Crippen molar-refractivity contribution in [1.29, 1.82) is 0 Å². The number of allylic oxidation sites excluding steroid dienone is 4. The summed E-state index contributed by atoms with van der Waals surface area (Å²) in [5.74, 6) is -11.4. The highest BCUT2D eigenvalue weighted by Gasteiger charge is 2.52. The Balaban J connectivity index is 1.66. The highest BCUT2D eigenvalue weighted by molar-refractivity contribution is 6.37. The van der Waals surface area contributed by atoms with Gasteiger partial charge in [0.1, 0.15) is 17.2 Å². The number of fused-ring (bicyclic) bond motifs is 14. The van der Waals surface area contributed by atoms with Gasteiger partial charge in [-0.2, -0.15) is 5.10 Å². The van der Waals surface area contributed by atoms with Crippen LogP contribution in [0.4, 0.5) is 0 Å². The van der Waals surface area contributed by atoms with Crippen LogP contribution in [0.1, 0.15) is 84.6 Å². The van der Waals surface area contributed by atoms with E-state index in [-0.39, 0.29) is 34.4 Å². The summed E-state index contributed by atoms with van der Waals surface area (Å²) in [7, 11) is 1.96. The fourth-order valence-corrected chi connectivity index (χ4v) is 8.20. The van der Waals surface area contributed by atoms with Crippen molar-refractivity contribution >= 4 is 35.4 Å². The van der Waals surface area contributed by atoms with Gasteiger partial charge in [-0.15, -0.1) is 0 Å². The average molecular weight is 821 g/mol. The van der Waals surface area contributed by atoms with E-state index in [4.69, 9.17) is 9.47 Å². The second-order valence-electron chi connectivity index (χ2n) is 16.4. The zero-order chi connectivity index (χ0) is 43.7. The van der Waals surface area contributed by atoms with Crippen LogP contribution in [0.3, 0.4) is 0 Å². The van der Waals surface area contributed by atoms with Crippen LogP contribution in [0, 0.1) is 42.4 Å². The number of amides is 1. The molecule has 4 heterocycles. The Morgan fingerprint density at radius 3 is 2.24 bits per heavy atom. The number of carbonyl (C=O) groups is 5. The summed E-state index contributed by atoms with van der Waals surface area (Å²) in [5, 5.41) is 63.4. The van der Waals surface area contributed by atoms with Crippen LogP contribution in [-0.4, -0.2) is 129 Å². The predicted octanol–water partition coefficient (Wildman–Crippen LogP) is 2.99. The van der Waals surface area contributed by atoms with Crippen molar-refractivity contribution in [2.75, 3.05) is 39.8 Å².